The van der Waals surface area contributed by atoms with E-state index in [1.54, 1.807) is 18.1 Å². The Kier molecular flexibility index (Phi) is 7.02. The number of anilines is 1. The molecule has 1 fully saturated rings. The maximum Gasteiger partial charge on any atom is 0.339 e. The third-order valence-electron chi connectivity index (χ3n) is 6.61. The van der Waals surface area contributed by atoms with Gasteiger partial charge in [0.25, 0.3) is 0 Å². The van der Waals surface area contributed by atoms with Crippen LogP contribution in [-0.2, 0) is 17.8 Å². The van der Waals surface area contributed by atoms with Gasteiger partial charge in [0.1, 0.15) is 11.3 Å². The van der Waals surface area contributed by atoms with Crippen molar-refractivity contribution in [2.75, 3.05) is 32.1 Å². The number of hydrogen-bond acceptors (Lipinski definition) is 5. The van der Waals surface area contributed by atoms with Crippen LogP contribution in [0.1, 0.15) is 42.4 Å². The minimum absolute atomic E-state index is 0.0112. The first-order valence-electron chi connectivity index (χ1n) is 11.6. The van der Waals surface area contributed by atoms with Crippen molar-refractivity contribution < 1.29 is 13.9 Å². The molecule has 0 N–H and O–H groups in total. The van der Waals surface area contributed by atoms with Crippen molar-refractivity contribution in [1.82, 2.24) is 4.90 Å². The lowest BCUT2D eigenvalue weighted by Gasteiger charge is -2.31. The number of methoxy groups -OCH3 is 1. The van der Waals surface area contributed by atoms with Crippen molar-refractivity contribution in [3.05, 3.63) is 69.6 Å². The summed E-state index contributed by atoms with van der Waals surface area (Å²) in [6.07, 6.45) is 4.32. The molecule has 0 bridgehead atoms. The smallest absolute Gasteiger partial charge is 0.339 e. The summed E-state index contributed by atoms with van der Waals surface area (Å²) in [4.78, 5) is 29.7. The zero-order valence-electron chi connectivity index (χ0n) is 19.7. The van der Waals surface area contributed by atoms with E-state index in [1.807, 2.05) is 32.2 Å². The summed E-state index contributed by atoms with van der Waals surface area (Å²) in [7, 11) is 3.41. The van der Waals surface area contributed by atoms with E-state index < -0.39 is 0 Å². The molecule has 1 amide bonds. The minimum Gasteiger partial charge on any atom is -0.497 e. The minimum atomic E-state index is -0.390. The second-order valence-corrected chi connectivity index (χ2v) is 8.78. The summed E-state index contributed by atoms with van der Waals surface area (Å²) >= 11 is 0. The predicted molar refractivity (Wildman–Crippen MR) is 131 cm³/mol. The van der Waals surface area contributed by atoms with Crippen molar-refractivity contribution in [2.24, 2.45) is 0 Å². The van der Waals surface area contributed by atoms with Gasteiger partial charge in [-0.25, -0.2) is 4.79 Å². The van der Waals surface area contributed by atoms with Crippen LogP contribution in [0.15, 0.2) is 51.7 Å². The summed E-state index contributed by atoms with van der Waals surface area (Å²) in [5, 5.41) is 0.863. The number of ether oxygens (including phenoxy) is 1. The number of benzene rings is 2. The molecule has 1 aliphatic rings. The molecule has 2 heterocycles. The Labute approximate surface area is 194 Å². The number of fused-ring (bicyclic) bond motifs is 1. The van der Waals surface area contributed by atoms with E-state index in [-0.39, 0.29) is 18.0 Å². The predicted octanol–water partition coefficient (Wildman–Crippen LogP) is 4.69. The highest BCUT2D eigenvalue weighted by Gasteiger charge is 2.18. The van der Waals surface area contributed by atoms with E-state index in [2.05, 4.69) is 23.1 Å². The SMILES string of the molecule is COc1ccc2c(C)c(CCC(=O)N(C)Cc3ccccc3N3CCCCC3)c(=O)oc2c1. The maximum absolute atomic E-state index is 12.9. The molecular weight excluding hydrogens is 416 g/mol. The third kappa shape index (κ3) is 5.05. The van der Waals surface area contributed by atoms with Gasteiger partial charge in [-0.2, -0.15) is 0 Å². The van der Waals surface area contributed by atoms with Crippen molar-refractivity contribution in [2.45, 2.75) is 45.6 Å². The second kappa shape index (κ2) is 10.1. The summed E-state index contributed by atoms with van der Waals surface area (Å²) in [6.45, 7) is 4.59. The zero-order chi connectivity index (χ0) is 23.4. The summed E-state index contributed by atoms with van der Waals surface area (Å²) in [5.74, 6) is 0.650. The van der Waals surface area contributed by atoms with Crippen LogP contribution in [0.4, 0.5) is 5.69 Å². The molecule has 6 nitrogen and oxygen atoms in total. The highest BCUT2D eigenvalue weighted by molar-refractivity contribution is 5.83. The van der Waals surface area contributed by atoms with Gasteiger partial charge in [-0.15, -0.1) is 0 Å². The second-order valence-electron chi connectivity index (χ2n) is 8.78. The molecule has 0 atom stereocenters. The quantitative estimate of drug-likeness (QED) is 0.491. The van der Waals surface area contributed by atoms with Gasteiger partial charge >= 0.3 is 5.63 Å². The van der Waals surface area contributed by atoms with Crippen molar-refractivity contribution >= 4 is 22.6 Å². The van der Waals surface area contributed by atoms with Crippen LogP contribution in [0.3, 0.4) is 0 Å². The fourth-order valence-corrected chi connectivity index (χ4v) is 4.64. The van der Waals surface area contributed by atoms with Gasteiger partial charge in [0.2, 0.25) is 5.91 Å². The van der Waals surface area contributed by atoms with E-state index in [0.717, 1.165) is 29.6 Å². The highest BCUT2D eigenvalue weighted by Crippen LogP contribution is 2.26. The molecule has 174 valence electrons. The first-order valence-corrected chi connectivity index (χ1v) is 11.6. The van der Waals surface area contributed by atoms with Gasteiger partial charge in [0, 0.05) is 55.8 Å². The van der Waals surface area contributed by atoms with Crippen LogP contribution in [0.5, 0.6) is 5.75 Å². The molecule has 4 rings (SSSR count). The molecule has 1 saturated heterocycles. The van der Waals surface area contributed by atoms with Crippen LogP contribution >= 0.6 is 0 Å². The average Bonchev–Trinajstić information content (AvgIpc) is 2.84. The topological polar surface area (TPSA) is 63.0 Å². The molecule has 0 radical (unpaired) electrons. The zero-order valence-corrected chi connectivity index (χ0v) is 19.7. The summed E-state index contributed by atoms with van der Waals surface area (Å²) < 4.78 is 10.7. The molecule has 3 aromatic rings. The number of aryl methyl sites for hydroxylation is 1. The van der Waals surface area contributed by atoms with Crippen molar-refractivity contribution in [3.63, 3.8) is 0 Å². The van der Waals surface area contributed by atoms with Gasteiger partial charge in [0.15, 0.2) is 0 Å². The Morgan fingerprint density at radius 2 is 1.88 bits per heavy atom. The first kappa shape index (κ1) is 22.9. The van der Waals surface area contributed by atoms with E-state index in [4.69, 9.17) is 9.15 Å². The summed E-state index contributed by atoms with van der Waals surface area (Å²) in [5.41, 5.74) is 3.90. The Balaban J connectivity index is 1.45. The third-order valence-corrected chi connectivity index (χ3v) is 6.61. The number of piperidine rings is 1. The molecule has 0 saturated carbocycles. The number of carbonyl (C=O) groups excluding carboxylic acids is 1. The average molecular weight is 449 g/mol. The Hall–Kier alpha value is -3.28. The van der Waals surface area contributed by atoms with E-state index >= 15 is 0 Å². The number of carbonyl (C=O) groups is 1. The van der Waals surface area contributed by atoms with E-state index in [0.29, 0.717) is 29.9 Å². The van der Waals surface area contributed by atoms with Crippen LogP contribution in [0.25, 0.3) is 11.0 Å². The van der Waals surface area contributed by atoms with E-state index in [9.17, 15) is 9.59 Å². The van der Waals surface area contributed by atoms with Crippen molar-refractivity contribution in [3.8, 4) is 5.75 Å². The lowest BCUT2D eigenvalue weighted by atomic mass is 10.0. The largest absolute Gasteiger partial charge is 0.497 e. The molecule has 1 aliphatic heterocycles. The number of rotatable bonds is 7. The highest BCUT2D eigenvalue weighted by atomic mass is 16.5. The lowest BCUT2D eigenvalue weighted by molar-refractivity contribution is -0.130. The van der Waals surface area contributed by atoms with Crippen LogP contribution in [0, 0.1) is 6.92 Å². The van der Waals surface area contributed by atoms with Crippen LogP contribution < -0.4 is 15.3 Å². The number of amides is 1. The van der Waals surface area contributed by atoms with Gasteiger partial charge in [-0.05, 0) is 61.9 Å². The van der Waals surface area contributed by atoms with Crippen molar-refractivity contribution in [1.29, 1.82) is 0 Å². The van der Waals surface area contributed by atoms with Crippen LogP contribution in [-0.4, -0.2) is 38.1 Å². The molecule has 1 aromatic heterocycles. The first-order chi connectivity index (χ1) is 16.0. The standard InChI is InChI=1S/C27H32N2O4/c1-19-22-12-11-21(32-3)17-25(22)33-27(31)23(19)13-14-26(30)28(2)18-20-9-5-6-10-24(20)29-15-7-4-8-16-29/h5-6,9-12,17H,4,7-8,13-16,18H2,1-3H3. The van der Waals surface area contributed by atoms with Gasteiger partial charge in [-0.1, -0.05) is 18.2 Å². The molecular formula is C27H32N2O4. The lowest BCUT2D eigenvalue weighted by Crippen LogP contribution is -2.32. The number of hydrogen-bond donors (Lipinski definition) is 0. The van der Waals surface area contributed by atoms with Gasteiger partial charge in [0.05, 0.1) is 7.11 Å². The normalized spacial score (nSPS) is 13.8. The monoisotopic (exact) mass is 448 g/mol. The molecule has 33 heavy (non-hydrogen) atoms. The fraction of sp³-hybridized carbons (Fsp3) is 0.407. The van der Waals surface area contributed by atoms with Gasteiger partial charge < -0.3 is 19.0 Å². The number of para-hydroxylation sites is 1. The van der Waals surface area contributed by atoms with Crippen LogP contribution in [0.2, 0.25) is 0 Å². The Bertz CT molecular complexity index is 1190. The maximum atomic E-state index is 12.9. The molecule has 2 aromatic carbocycles. The summed E-state index contributed by atoms with van der Waals surface area (Å²) in [6, 6.07) is 13.8. The molecule has 6 heteroatoms. The fourth-order valence-electron chi connectivity index (χ4n) is 4.64. The van der Waals surface area contributed by atoms with Gasteiger partial charge in [-0.3, -0.25) is 4.79 Å². The molecule has 0 unspecified atom stereocenters. The van der Waals surface area contributed by atoms with E-state index in [1.165, 1.54) is 24.9 Å². The Morgan fingerprint density at radius 1 is 1.12 bits per heavy atom. The molecule has 0 aliphatic carbocycles. The number of nitrogens with zero attached hydrogens (tertiary/aromatic N) is 2. The Morgan fingerprint density at radius 3 is 2.64 bits per heavy atom. The molecule has 0 spiro atoms.